The molecule has 0 spiro atoms. The molecule has 0 saturated heterocycles. The Balaban J connectivity index is 1.76. The molecule has 0 aliphatic heterocycles. The van der Waals surface area contributed by atoms with E-state index in [2.05, 4.69) is 5.10 Å². The van der Waals surface area contributed by atoms with Crippen molar-refractivity contribution < 1.29 is 23.4 Å². The quantitative estimate of drug-likeness (QED) is 0.620. The van der Waals surface area contributed by atoms with Crippen molar-refractivity contribution in [3.05, 3.63) is 76.6 Å². The minimum Gasteiger partial charge on any atom is -0.481 e. The van der Waals surface area contributed by atoms with Crippen LogP contribution in [0.2, 0.25) is 5.02 Å². The standard InChI is InChI=1S/C20H17ClF2N2O3/c1-12(20(26)27)8-13-9-17(22)19(18(23)10-13)28-11-16-6-7-24-25(16)15-4-2-14(21)3-5-15/h2-7,9-10,12H,8,11H2,1H3,(H,26,27). The molecule has 1 atom stereocenters. The first-order chi connectivity index (χ1) is 13.3. The third-order valence-corrected chi connectivity index (χ3v) is 4.43. The molecule has 8 heteroatoms. The van der Waals surface area contributed by atoms with E-state index in [1.54, 1.807) is 41.2 Å². The van der Waals surface area contributed by atoms with E-state index in [9.17, 15) is 13.6 Å². The summed E-state index contributed by atoms with van der Waals surface area (Å²) >= 11 is 5.88. The van der Waals surface area contributed by atoms with Gasteiger partial charge in [-0.15, -0.1) is 0 Å². The molecular weight excluding hydrogens is 390 g/mol. The number of ether oxygens (including phenoxy) is 1. The summed E-state index contributed by atoms with van der Waals surface area (Å²) < 4.78 is 35.5. The van der Waals surface area contributed by atoms with E-state index >= 15 is 0 Å². The molecule has 3 rings (SSSR count). The first kappa shape index (κ1) is 19.8. The summed E-state index contributed by atoms with van der Waals surface area (Å²) in [5.74, 6) is -4.07. The van der Waals surface area contributed by atoms with E-state index in [-0.39, 0.29) is 18.6 Å². The van der Waals surface area contributed by atoms with Crippen LogP contribution in [0.25, 0.3) is 5.69 Å². The molecule has 0 amide bonds. The van der Waals surface area contributed by atoms with Crippen LogP contribution in [0.1, 0.15) is 18.2 Å². The van der Waals surface area contributed by atoms with Crippen molar-refractivity contribution in [2.45, 2.75) is 20.0 Å². The number of carboxylic acids is 1. The zero-order chi connectivity index (χ0) is 20.3. The van der Waals surface area contributed by atoms with Gasteiger partial charge >= 0.3 is 5.97 Å². The average Bonchev–Trinajstić information content (AvgIpc) is 3.10. The van der Waals surface area contributed by atoms with Gasteiger partial charge in [-0.3, -0.25) is 4.79 Å². The normalized spacial score (nSPS) is 12.0. The van der Waals surface area contributed by atoms with Crippen LogP contribution in [-0.2, 0) is 17.8 Å². The number of carboxylic acid groups (broad SMARTS) is 1. The number of aromatic nitrogens is 2. The first-order valence-corrected chi connectivity index (χ1v) is 8.85. The summed E-state index contributed by atoms with van der Waals surface area (Å²) in [4.78, 5) is 10.9. The minimum absolute atomic E-state index is 0.0206. The zero-order valence-corrected chi connectivity index (χ0v) is 15.7. The van der Waals surface area contributed by atoms with E-state index in [1.165, 1.54) is 6.92 Å². The molecule has 0 bridgehead atoms. The molecule has 0 saturated carbocycles. The van der Waals surface area contributed by atoms with Gasteiger partial charge in [-0.25, -0.2) is 13.5 Å². The van der Waals surface area contributed by atoms with Gasteiger partial charge in [-0.1, -0.05) is 18.5 Å². The Morgan fingerprint density at radius 2 is 1.86 bits per heavy atom. The van der Waals surface area contributed by atoms with Crippen LogP contribution in [0.3, 0.4) is 0 Å². The molecule has 1 aromatic heterocycles. The van der Waals surface area contributed by atoms with Gasteiger partial charge < -0.3 is 9.84 Å². The molecule has 0 aliphatic rings. The number of carbonyl (C=O) groups is 1. The summed E-state index contributed by atoms with van der Waals surface area (Å²) in [5.41, 5.74) is 1.57. The number of nitrogens with zero attached hydrogens (tertiary/aromatic N) is 2. The lowest BCUT2D eigenvalue weighted by atomic mass is 10.0. The Bertz CT molecular complexity index is 966. The molecule has 0 fully saturated rings. The number of benzene rings is 2. The van der Waals surface area contributed by atoms with Gasteiger partial charge in [0.2, 0.25) is 0 Å². The van der Waals surface area contributed by atoms with Crippen molar-refractivity contribution >= 4 is 17.6 Å². The maximum absolute atomic E-state index is 14.3. The molecule has 2 aromatic carbocycles. The lowest BCUT2D eigenvalue weighted by molar-refractivity contribution is -0.141. The number of rotatable bonds is 7. The Morgan fingerprint density at radius 1 is 1.21 bits per heavy atom. The second-order valence-corrected chi connectivity index (χ2v) is 6.77. The summed E-state index contributed by atoms with van der Waals surface area (Å²) in [6.45, 7) is 1.36. The maximum Gasteiger partial charge on any atom is 0.306 e. The van der Waals surface area contributed by atoms with Gasteiger partial charge in [0, 0.05) is 11.2 Å². The molecule has 1 heterocycles. The average molecular weight is 407 g/mol. The maximum atomic E-state index is 14.3. The third-order valence-electron chi connectivity index (χ3n) is 4.18. The van der Waals surface area contributed by atoms with Gasteiger partial charge in [0.05, 0.1) is 17.3 Å². The minimum atomic E-state index is -1.03. The highest BCUT2D eigenvalue weighted by Gasteiger charge is 2.18. The molecule has 28 heavy (non-hydrogen) atoms. The first-order valence-electron chi connectivity index (χ1n) is 8.47. The number of aliphatic carboxylic acids is 1. The van der Waals surface area contributed by atoms with E-state index in [4.69, 9.17) is 21.4 Å². The van der Waals surface area contributed by atoms with Gasteiger partial charge in [-0.2, -0.15) is 5.10 Å². The molecule has 146 valence electrons. The fourth-order valence-electron chi connectivity index (χ4n) is 2.71. The highest BCUT2D eigenvalue weighted by atomic mass is 35.5. The fraction of sp³-hybridized carbons (Fsp3) is 0.200. The lowest BCUT2D eigenvalue weighted by Gasteiger charge is -2.12. The van der Waals surface area contributed by atoms with Crippen LogP contribution in [0.15, 0.2) is 48.7 Å². The predicted molar refractivity (Wildman–Crippen MR) is 99.8 cm³/mol. The van der Waals surface area contributed by atoms with Crippen molar-refractivity contribution in [1.29, 1.82) is 0 Å². The second-order valence-electron chi connectivity index (χ2n) is 6.33. The van der Waals surface area contributed by atoms with Gasteiger partial charge in [0.15, 0.2) is 17.4 Å². The molecule has 0 radical (unpaired) electrons. The van der Waals surface area contributed by atoms with Gasteiger partial charge in [-0.05, 0) is 54.4 Å². The topological polar surface area (TPSA) is 64.4 Å². The molecular formula is C20H17ClF2N2O3. The Kier molecular flexibility index (Phi) is 5.94. The van der Waals surface area contributed by atoms with E-state index in [1.807, 2.05) is 0 Å². The van der Waals surface area contributed by atoms with Crippen LogP contribution in [0.5, 0.6) is 5.75 Å². The van der Waals surface area contributed by atoms with E-state index in [0.717, 1.165) is 17.8 Å². The summed E-state index contributed by atoms with van der Waals surface area (Å²) in [6, 6.07) is 10.8. The van der Waals surface area contributed by atoms with Crippen molar-refractivity contribution in [1.82, 2.24) is 9.78 Å². The number of hydrogen-bond donors (Lipinski definition) is 1. The molecule has 1 unspecified atom stereocenters. The number of hydrogen-bond acceptors (Lipinski definition) is 3. The molecule has 3 aromatic rings. The number of halogens is 3. The molecule has 1 N–H and O–H groups in total. The fourth-order valence-corrected chi connectivity index (χ4v) is 2.84. The summed E-state index contributed by atoms with van der Waals surface area (Å²) in [5, 5.41) is 13.7. The summed E-state index contributed by atoms with van der Waals surface area (Å²) in [6.07, 6.45) is 1.57. The van der Waals surface area contributed by atoms with E-state index < -0.39 is 29.3 Å². The lowest BCUT2D eigenvalue weighted by Crippen LogP contribution is -2.13. The smallest absolute Gasteiger partial charge is 0.306 e. The van der Waals surface area contributed by atoms with Crippen molar-refractivity contribution in [3.8, 4) is 11.4 Å². The predicted octanol–water partition coefficient (Wildman–Crippen LogP) is 4.65. The van der Waals surface area contributed by atoms with Gasteiger partial charge in [0.1, 0.15) is 6.61 Å². The monoisotopic (exact) mass is 406 g/mol. The van der Waals surface area contributed by atoms with Crippen molar-refractivity contribution in [3.63, 3.8) is 0 Å². The van der Waals surface area contributed by atoms with Crippen LogP contribution >= 0.6 is 11.6 Å². The second kappa shape index (κ2) is 8.39. The molecule has 5 nitrogen and oxygen atoms in total. The summed E-state index contributed by atoms with van der Waals surface area (Å²) in [7, 11) is 0. The highest BCUT2D eigenvalue weighted by molar-refractivity contribution is 6.30. The van der Waals surface area contributed by atoms with Crippen LogP contribution in [0.4, 0.5) is 8.78 Å². The largest absolute Gasteiger partial charge is 0.481 e. The Labute approximate surface area is 165 Å². The van der Waals surface area contributed by atoms with Crippen LogP contribution in [-0.4, -0.2) is 20.9 Å². The van der Waals surface area contributed by atoms with Gasteiger partial charge in [0.25, 0.3) is 0 Å². The van der Waals surface area contributed by atoms with E-state index in [0.29, 0.717) is 10.7 Å². The highest BCUT2D eigenvalue weighted by Crippen LogP contribution is 2.26. The van der Waals surface area contributed by atoms with Crippen molar-refractivity contribution in [2.75, 3.05) is 0 Å². The Hall–Kier alpha value is -2.93. The SMILES string of the molecule is CC(Cc1cc(F)c(OCc2ccnn2-c2ccc(Cl)cc2)c(F)c1)C(=O)O. The van der Waals surface area contributed by atoms with Crippen LogP contribution in [0, 0.1) is 17.6 Å². The third kappa shape index (κ3) is 4.48. The van der Waals surface area contributed by atoms with Crippen molar-refractivity contribution in [2.24, 2.45) is 5.92 Å². The van der Waals surface area contributed by atoms with Crippen LogP contribution < -0.4 is 4.74 Å². The Morgan fingerprint density at radius 3 is 2.46 bits per heavy atom. The molecule has 0 aliphatic carbocycles. The zero-order valence-electron chi connectivity index (χ0n) is 14.9.